The van der Waals surface area contributed by atoms with Gasteiger partial charge in [-0.2, -0.15) is 4.98 Å². The number of halogens is 3. The Bertz CT molecular complexity index is 1040. The van der Waals surface area contributed by atoms with Gasteiger partial charge in [-0.3, -0.25) is 4.79 Å². The second-order valence-corrected chi connectivity index (χ2v) is 6.13. The zero-order valence-corrected chi connectivity index (χ0v) is 15.7. The molecule has 0 atom stereocenters. The topological polar surface area (TPSA) is 78.9 Å². The van der Waals surface area contributed by atoms with Gasteiger partial charge in [0, 0.05) is 29.7 Å². The van der Waals surface area contributed by atoms with Gasteiger partial charge in [0.15, 0.2) is 17.5 Å². The van der Waals surface area contributed by atoms with Crippen molar-refractivity contribution in [1.29, 1.82) is 0 Å². The van der Waals surface area contributed by atoms with E-state index in [0.29, 0.717) is 35.8 Å². The van der Waals surface area contributed by atoms with Gasteiger partial charge < -0.3 is 16.0 Å². The first kappa shape index (κ1) is 20.1. The Labute approximate surface area is 165 Å². The van der Waals surface area contributed by atoms with Crippen LogP contribution in [-0.4, -0.2) is 22.4 Å². The molecule has 6 nitrogen and oxygen atoms in total. The van der Waals surface area contributed by atoms with Crippen molar-refractivity contribution >= 4 is 29.0 Å². The van der Waals surface area contributed by atoms with Gasteiger partial charge in [0.05, 0.1) is 5.56 Å². The molecule has 0 unspecified atom stereocenters. The molecular formula is C20H18F3N5O. The smallest absolute Gasteiger partial charge is 0.258 e. The summed E-state index contributed by atoms with van der Waals surface area (Å²) in [5.74, 6) is -4.36. The summed E-state index contributed by atoms with van der Waals surface area (Å²) < 4.78 is 40.0. The minimum absolute atomic E-state index is 0.358. The molecule has 0 fully saturated rings. The van der Waals surface area contributed by atoms with Crippen LogP contribution >= 0.6 is 0 Å². The van der Waals surface area contributed by atoms with Crippen LogP contribution in [0.5, 0.6) is 0 Å². The number of aromatic nitrogens is 2. The van der Waals surface area contributed by atoms with E-state index in [2.05, 4.69) is 25.9 Å². The highest BCUT2D eigenvalue weighted by Gasteiger charge is 2.18. The average Bonchev–Trinajstić information content (AvgIpc) is 2.67. The largest absolute Gasteiger partial charge is 0.354 e. The van der Waals surface area contributed by atoms with Gasteiger partial charge in [-0.05, 0) is 50.2 Å². The summed E-state index contributed by atoms with van der Waals surface area (Å²) >= 11 is 0. The van der Waals surface area contributed by atoms with Crippen LogP contribution in [0.4, 0.5) is 36.3 Å². The number of anilines is 4. The van der Waals surface area contributed by atoms with Crippen molar-refractivity contribution in [2.45, 2.75) is 13.8 Å². The van der Waals surface area contributed by atoms with Crippen molar-refractivity contribution in [3.8, 4) is 0 Å². The first-order valence-electron chi connectivity index (χ1n) is 8.79. The van der Waals surface area contributed by atoms with E-state index in [1.807, 2.05) is 13.8 Å². The maximum Gasteiger partial charge on any atom is 0.258 e. The Morgan fingerprint density at radius 3 is 2.34 bits per heavy atom. The predicted molar refractivity (Wildman–Crippen MR) is 105 cm³/mol. The van der Waals surface area contributed by atoms with Gasteiger partial charge >= 0.3 is 0 Å². The molecule has 0 aliphatic heterocycles. The van der Waals surface area contributed by atoms with Crippen LogP contribution in [0.3, 0.4) is 0 Å². The van der Waals surface area contributed by atoms with E-state index >= 15 is 0 Å². The fourth-order valence-electron chi connectivity index (χ4n) is 2.55. The van der Waals surface area contributed by atoms with Gasteiger partial charge in [-0.15, -0.1) is 0 Å². The minimum atomic E-state index is -1.69. The summed E-state index contributed by atoms with van der Waals surface area (Å²) in [4.78, 5) is 20.7. The van der Waals surface area contributed by atoms with Crippen LogP contribution in [-0.2, 0) is 0 Å². The van der Waals surface area contributed by atoms with Crippen molar-refractivity contribution in [1.82, 2.24) is 9.97 Å². The lowest BCUT2D eigenvalue weighted by Crippen LogP contribution is -2.15. The van der Waals surface area contributed by atoms with E-state index in [-0.39, 0.29) is 0 Å². The lowest BCUT2D eigenvalue weighted by molar-refractivity contribution is 0.102. The molecule has 0 spiro atoms. The molecule has 3 rings (SSSR count). The summed E-state index contributed by atoms with van der Waals surface area (Å²) in [6, 6.07) is 9.89. The first-order chi connectivity index (χ1) is 13.9. The Balaban J connectivity index is 1.71. The molecular weight excluding hydrogens is 383 g/mol. The van der Waals surface area contributed by atoms with E-state index < -0.39 is 28.9 Å². The quantitative estimate of drug-likeness (QED) is 0.525. The molecule has 1 amide bonds. The molecule has 1 heterocycles. The Morgan fingerprint density at radius 2 is 1.66 bits per heavy atom. The maximum absolute atomic E-state index is 13.7. The highest BCUT2D eigenvalue weighted by molar-refractivity contribution is 6.04. The second-order valence-electron chi connectivity index (χ2n) is 6.13. The van der Waals surface area contributed by atoms with Crippen molar-refractivity contribution in [2.75, 3.05) is 22.5 Å². The van der Waals surface area contributed by atoms with Crippen LogP contribution in [0.1, 0.15) is 23.0 Å². The molecule has 29 heavy (non-hydrogen) atoms. The number of aryl methyl sites for hydroxylation is 1. The third-order valence-electron chi connectivity index (χ3n) is 3.88. The van der Waals surface area contributed by atoms with Gasteiger partial charge in [0.2, 0.25) is 5.95 Å². The number of carbonyl (C=O) groups excluding carboxylic acids is 1. The second kappa shape index (κ2) is 8.59. The Morgan fingerprint density at radius 1 is 0.966 bits per heavy atom. The predicted octanol–water partition coefficient (Wildman–Crippen LogP) is 4.63. The number of rotatable bonds is 6. The van der Waals surface area contributed by atoms with Crippen LogP contribution in [0, 0.1) is 24.4 Å². The zero-order chi connectivity index (χ0) is 21.0. The van der Waals surface area contributed by atoms with Crippen LogP contribution in [0.25, 0.3) is 0 Å². The normalized spacial score (nSPS) is 10.5. The molecule has 0 saturated heterocycles. The standard InChI is InChI=1S/C20H18F3N5O/c1-3-24-20-25-11(2)10-16(28-20)26-12-4-6-13(7-5-12)27-19(29)14-8-9-15(21)18(23)17(14)22/h4-10H,3H2,1-2H3,(H,27,29)(H2,24,25,26,28). The number of hydrogen-bond acceptors (Lipinski definition) is 5. The van der Waals surface area contributed by atoms with Gasteiger partial charge in [-0.25, -0.2) is 18.2 Å². The highest BCUT2D eigenvalue weighted by atomic mass is 19.2. The van der Waals surface area contributed by atoms with Crippen molar-refractivity contribution in [2.24, 2.45) is 0 Å². The number of hydrogen-bond donors (Lipinski definition) is 3. The van der Waals surface area contributed by atoms with Crippen LogP contribution < -0.4 is 16.0 Å². The monoisotopic (exact) mass is 401 g/mol. The molecule has 3 aromatic rings. The molecule has 9 heteroatoms. The number of amides is 1. The lowest BCUT2D eigenvalue weighted by atomic mass is 10.1. The molecule has 3 N–H and O–H groups in total. The third kappa shape index (κ3) is 4.81. The summed E-state index contributed by atoms with van der Waals surface area (Å²) in [7, 11) is 0. The van der Waals surface area contributed by atoms with Crippen LogP contribution in [0.15, 0.2) is 42.5 Å². The van der Waals surface area contributed by atoms with E-state index in [1.165, 1.54) is 0 Å². The molecule has 0 radical (unpaired) electrons. The summed E-state index contributed by atoms with van der Waals surface area (Å²) in [5, 5.41) is 8.61. The summed E-state index contributed by atoms with van der Waals surface area (Å²) in [5.41, 5.74) is 1.26. The fourth-order valence-corrected chi connectivity index (χ4v) is 2.55. The zero-order valence-electron chi connectivity index (χ0n) is 15.7. The summed E-state index contributed by atoms with van der Waals surface area (Å²) in [6.07, 6.45) is 0. The minimum Gasteiger partial charge on any atom is -0.354 e. The number of carbonyl (C=O) groups is 1. The maximum atomic E-state index is 13.7. The van der Waals surface area contributed by atoms with Gasteiger partial charge in [0.1, 0.15) is 5.82 Å². The molecule has 0 bridgehead atoms. The molecule has 1 aromatic heterocycles. The SMILES string of the molecule is CCNc1nc(C)cc(Nc2ccc(NC(=O)c3ccc(F)c(F)c3F)cc2)n1. The molecule has 0 saturated carbocycles. The Kier molecular flexibility index (Phi) is 5.96. The molecule has 150 valence electrons. The Hall–Kier alpha value is -3.62. The number of benzene rings is 2. The first-order valence-corrected chi connectivity index (χ1v) is 8.79. The number of nitrogens with zero attached hydrogens (tertiary/aromatic N) is 2. The average molecular weight is 401 g/mol. The fraction of sp³-hybridized carbons (Fsp3) is 0.150. The van der Waals surface area contributed by atoms with Crippen molar-refractivity contribution < 1.29 is 18.0 Å². The van der Waals surface area contributed by atoms with Gasteiger partial charge in [0.25, 0.3) is 5.91 Å². The lowest BCUT2D eigenvalue weighted by Gasteiger charge is -2.10. The highest BCUT2D eigenvalue weighted by Crippen LogP contribution is 2.21. The molecule has 2 aromatic carbocycles. The van der Waals surface area contributed by atoms with E-state index in [4.69, 9.17) is 0 Å². The third-order valence-corrected chi connectivity index (χ3v) is 3.88. The van der Waals surface area contributed by atoms with Gasteiger partial charge in [-0.1, -0.05) is 0 Å². The van der Waals surface area contributed by atoms with Crippen molar-refractivity contribution in [3.63, 3.8) is 0 Å². The van der Waals surface area contributed by atoms with Crippen molar-refractivity contribution in [3.05, 3.63) is 71.2 Å². The van der Waals surface area contributed by atoms with E-state index in [9.17, 15) is 18.0 Å². The molecule has 0 aliphatic rings. The summed E-state index contributed by atoms with van der Waals surface area (Å²) in [6.45, 7) is 4.48. The van der Waals surface area contributed by atoms with E-state index in [0.717, 1.165) is 11.8 Å². The van der Waals surface area contributed by atoms with E-state index in [1.54, 1.807) is 30.3 Å². The molecule has 0 aliphatic carbocycles. The van der Waals surface area contributed by atoms with Crippen LogP contribution in [0.2, 0.25) is 0 Å². The number of nitrogens with one attached hydrogen (secondary N) is 3.